The van der Waals surface area contributed by atoms with Gasteiger partial charge in [0.1, 0.15) is 36.3 Å². The molecule has 0 aromatic rings. The molecule has 0 radical (unpaired) electrons. The smallest absolute Gasteiger partial charge is 0.246 e. The minimum Gasteiger partial charge on any atom is -0.390 e. The summed E-state index contributed by atoms with van der Waals surface area (Å²) in [5, 5.41) is 15.3. The SMILES string of the molecule is CC[C@H]1CC(=O)[C@@H]([C@H](O)[C@H](C)CCN2CCOC[C@H]2C)N(C)C(=O)[C@@H](C(C)C)N(C)C(=O)[C@@H](CC(C)C)N(C)C(=O)[C@@H](CC(C)C)N(C)C(=O)[C@H](C)NC(=O)[C@@H](C)CC(=O)C(CC(C)C)N(C)C(=O)[C@@H](C(C)C)CC(=O)[C@H](CC(C)C)N(C)C(=O)[C@@H](C)N(C)C1=O. The van der Waals surface area contributed by atoms with E-state index in [0.717, 1.165) is 0 Å². The number of nitrogens with zero attached hydrogens (tertiary/aromatic N) is 8. The number of likely N-dealkylation sites (N-methyl/N-ethyl adjacent to an activating group) is 7. The Balaban J connectivity index is 3.01. The van der Waals surface area contributed by atoms with Crippen LogP contribution in [0.5, 0.6) is 0 Å². The predicted molar refractivity (Wildman–Crippen MR) is 354 cm³/mol. The van der Waals surface area contributed by atoms with Gasteiger partial charge in [0.15, 0.2) is 17.3 Å². The van der Waals surface area contributed by atoms with Crippen LogP contribution in [0.3, 0.4) is 0 Å². The van der Waals surface area contributed by atoms with Crippen molar-refractivity contribution >= 4 is 64.6 Å². The number of hydrogen-bond acceptors (Lipinski definition) is 14. The van der Waals surface area contributed by atoms with E-state index >= 15 is 19.2 Å². The molecule has 2 aliphatic rings. The molecule has 2 fully saturated rings. The van der Waals surface area contributed by atoms with Gasteiger partial charge < -0.3 is 49.5 Å². The summed E-state index contributed by atoms with van der Waals surface area (Å²) in [6, 6.07) is -9.21. The fourth-order valence-electron chi connectivity index (χ4n) is 12.9. The maximum absolute atomic E-state index is 15.4. The van der Waals surface area contributed by atoms with Gasteiger partial charge >= 0.3 is 0 Å². The molecule has 2 aliphatic heterocycles. The number of aliphatic hydroxyl groups is 1. The molecule has 522 valence electrons. The summed E-state index contributed by atoms with van der Waals surface area (Å²) in [4.78, 5) is 174. The standard InChI is InChI=1S/C69H123N9O13/c1-26-50-36-58(81)60(61(82)45(14)27-28-78-29-30-91-38-47(78)16)77(25)69(90)59(44(12)13)76(24)68(89)55(34-42(8)9)75(23)67(88)54(33-41(6)7)74(22)63(84)48(17)70-62(83)46(15)35-56(79)52(31-39(2)3)73(21)66(87)51(43(10)11)37-57(80)53(32-40(4)5)72(20)64(85)49(18)71(19)65(50)86/h39-55,59-61,82H,26-38H2,1-25H3,(H,70,83)/t45-,46+,47-,48+,49-,50+,51-,52?,53+,54-,55-,59-,60+,61-/m1/s1. The molecule has 22 nitrogen and oxygen atoms in total. The van der Waals surface area contributed by atoms with E-state index in [2.05, 4.69) is 10.2 Å². The molecule has 2 heterocycles. The molecule has 1 unspecified atom stereocenters. The summed E-state index contributed by atoms with van der Waals surface area (Å²) in [7, 11) is 10.3. The summed E-state index contributed by atoms with van der Waals surface area (Å²) in [6.07, 6.45) is -1.03. The van der Waals surface area contributed by atoms with Gasteiger partial charge in [-0.1, -0.05) is 104 Å². The van der Waals surface area contributed by atoms with Crippen LogP contribution in [0.15, 0.2) is 0 Å². The van der Waals surface area contributed by atoms with E-state index in [1.807, 2.05) is 83.1 Å². The maximum atomic E-state index is 15.4. The average molecular weight is 1290 g/mol. The largest absolute Gasteiger partial charge is 0.390 e. The minimum absolute atomic E-state index is 0.0705. The summed E-state index contributed by atoms with van der Waals surface area (Å²) in [5.74, 6) is -10.8. The lowest BCUT2D eigenvalue weighted by molar-refractivity contribution is -0.157. The van der Waals surface area contributed by atoms with Crippen molar-refractivity contribution in [2.45, 2.75) is 243 Å². The first-order valence-corrected chi connectivity index (χ1v) is 33.8. The molecule has 91 heavy (non-hydrogen) atoms. The highest BCUT2D eigenvalue weighted by atomic mass is 16.5. The lowest BCUT2D eigenvalue weighted by atomic mass is 9.84. The third-order valence-corrected chi connectivity index (χ3v) is 19.2. The second-order valence-corrected chi connectivity index (χ2v) is 29.3. The number of aliphatic hydroxyl groups excluding tert-OH is 1. The van der Waals surface area contributed by atoms with Crippen LogP contribution in [0.2, 0.25) is 0 Å². The molecule has 2 N–H and O–H groups in total. The summed E-state index contributed by atoms with van der Waals surface area (Å²) in [6.45, 7) is 34.9. The van der Waals surface area contributed by atoms with Gasteiger partial charge in [0.2, 0.25) is 47.3 Å². The maximum Gasteiger partial charge on any atom is 0.246 e. The topological polar surface area (TPSA) is 255 Å². The van der Waals surface area contributed by atoms with Crippen LogP contribution in [0, 0.1) is 59.2 Å². The molecule has 14 atom stereocenters. The number of ketones is 3. The van der Waals surface area contributed by atoms with E-state index in [4.69, 9.17) is 4.74 Å². The van der Waals surface area contributed by atoms with Crippen LogP contribution in [-0.4, -0.2) is 245 Å². The fourth-order valence-corrected chi connectivity index (χ4v) is 12.9. The van der Waals surface area contributed by atoms with Gasteiger partial charge in [-0.3, -0.25) is 57.6 Å². The molecule has 8 amide bonds. The van der Waals surface area contributed by atoms with Gasteiger partial charge in [-0.2, -0.15) is 0 Å². The van der Waals surface area contributed by atoms with E-state index in [1.165, 1.54) is 90.6 Å². The van der Waals surface area contributed by atoms with E-state index in [9.17, 15) is 38.7 Å². The Morgan fingerprint density at radius 3 is 1.38 bits per heavy atom. The Bertz CT molecular complexity index is 2470. The van der Waals surface area contributed by atoms with Gasteiger partial charge in [-0.15, -0.1) is 0 Å². The van der Waals surface area contributed by atoms with Crippen molar-refractivity contribution in [1.29, 1.82) is 0 Å². The summed E-state index contributed by atoms with van der Waals surface area (Å²) in [5.41, 5.74) is 0. The highest BCUT2D eigenvalue weighted by Gasteiger charge is 2.46. The molecule has 0 aromatic heterocycles. The summed E-state index contributed by atoms with van der Waals surface area (Å²) < 4.78 is 5.67. The Morgan fingerprint density at radius 2 is 0.923 bits per heavy atom. The van der Waals surface area contributed by atoms with Crippen molar-refractivity contribution in [3.63, 3.8) is 0 Å². The Labute approximate surface area is 547 Å². The van der Waals surface area contributed by atoms with Crippen molar-refractivity contribution < 1.29 is 62.6 Å². The second kappa shape index (κ2) is 36.9. The Hall–Kier alpha value is -5.35. The Morgan fingerprint density at radius 1 is 0.484 bits per heavy atom. The highest BCUT2D eigenvalue weighted by Crippen LogP contribution is 2.30. The van der Waals surface area contributed by atoms with Gasteiger partial charge in [0.25, 0.3) is 0 Å². The number of hydrogen-bond donors (Lipinski definition) is 2. The molecule has 22 heteroatoms. The number of carbonyl (C=O) groups is 11. The average Bonchev–Trinajstić information content (AvgIpc) is 0.852. The van der Waals surface area contributed by atoms with Crippen LogP contribution in [0.1, 0.15) is 182 Å². The molecule has 2 rings (SSSR count). The molecule has 2 saturated heterocycles. The zero-order chi connectivity index (χ0) is 70.1. The first kappa shape index (κ1) is 81.7. The van der Waals surface area contributed by atoms with Crippen LogP contribution in [0.25, 0.3) is 0 Å². The third kappa shape index (κ3) is 22.4. The van der Waals surface area contributed by atoms with E-state index in [1.54, 1.807) is 34.6 Å². The molecule has 0 bridgehead atoms. The second-order valence-electron chi connectivity index (χ2n) is 29.3. The van der Waals surface area contributed by atoms with Crippen LogP contribution in [0.4, 0.5) is 0 Å². The number of rotatable bonds is 16. The fraction of sp³-hybridized carbons (Fsp3) is 0.841. The number of Topliss-reactive ketones (excluding diaryl/α,β-unsaturated/α-hetero) is 3. The molecule has 0 spiro atoms. The molecular weight excluding hydrogens is 1160 g/mol. The molecule has 0 aromatic carbocycles. The van der Waals surface area contributed by atoms with Gasteiger partial charge in [-0.25, -0.2) is 0 Å². The van der Waals surface area contributed by atoms with E-state index < -0.39 is 155 Å². The van der Waals surface area contributed by atoms with Crippen LogP contribution < -0.4 is 5.32 Å². The van der Waals surface area contributed by atoms with Crippen LogP contribution >= 0.6 is 0 Å². The van der Waals surface area contributed by atoms with Crippen molar-refractivity contribution in [3.8, 4) is 0 Å². The molecule has 0 aliphatic carbocycles. The first-order valence-electron chi connectivity index (χ1n) is 33.8. The lowest BCUT2D eigenvalue weighted by Gasteiger charge is -2.42. The zero-order valence-electron chi connectivity index (χ0n) is 60.7. The van der Waals surface area contributed by atoms with E-state index in [-0.39, 0.29) is 80.4 Å². The zero-order valence-corrected chi connectivity index (χ0v) is 60.7. The summed E-state index contributed by atoms with van der Waals surface area (Å²) >= 11 is 0. The molecular formula is C69H123N9O13. The van der Waals surface area contributed by atoms with Crippen LogP contribution in [-0.2, 0) is 57.5 Å². The number of ether oxygens (including phenoxy) is 1. The van der Waals surface area contributed by atoms with E-state index in [0.29, 0.717) is 32.7 Å². The lowest BCUT2D eigenvalue weighted by Crippen LogP contribution is -2.62. The number of morpholine rings is 1. The van der Waals surface area contributed by atoms with Crippen molar-refractivity contribution in [1.82, 2.24) is 44.5 Å². The highest BCUT2D eigenvalue weighted by molar-refractivity contribution is 6.00. The van der Waals surface area contributed by atoms with Crippen molar-refractivity contribution in [2.24, 2.45) is 59.2 Å². The quantitative estimate of drug-likeness (QED) is 0.178. The Kier molecular flexibility index (Phi) is 33.2. The minimum atomic E-state index is -1.51. The van der Waals surface area contributed by atoms with Gasteiger partial charge in [0.05, 0.1) is 31.4 Å². The monoisotopic (exact) mass is 1290 g/mol. The third-order valence-electron chi connectivity index (χ3n) is 19.2. The first-order chi connectivity index (χ1) is 42.1. The predicted octanol–water partition coefficient (Wildman–Crippen LogP) is 6.07. The van der Waals surface area contributed by atoms with Gasteiger partial charge in [-0.05, 0) is 107 Å². The number of nitrogens with one attached hydrogen (secondary N) is 1. The molecule has 0 saturated carbocycles. The number of carbonyl (C=O) groups excluding carboxylic acids is 11. The van der Waals surface area contributed by atoms with Crippen molar-refractivity contribution in [2.75, 3.05) is 75.6 Å². The van der Waals surface area contributed by atoms with Gasteiger partial charge in [0, 0.05) is 98.9 Å². The van der Waals surface area contributed by atoms with Crippen molar-refractivity contribution in [3.05, 3.63) is 0 Å². The normalized spacial score (nSPS) is 29.0. The number of amides is 8.